The first-order valence-corrected chi connectivity index (χ1v) is 9.04. The van der Waals surface area contributed by atoms with E-state index in [2.05, 4.69) is 47.0 Å². The number of anilines is 1. The number of nitrogens with one attached hydrogen (secondary N) is 1. The number of aryl methyl sites for hydroxylation is 1. The van der Waals surface area contributed by atoms with Gasteiger partial charge in [-0.2, -0.15) is 0 Å². The van der Waals surface area contributed by atoms with Crippen molar-refractivity contribution in [2.45, 2.75) is 17.8 Å². The zero-order valence-corrected chi connectivity index (χ0v) is 14.1. The summed E-state index contributed by atoms with van der Waals surface area (Å²) in [5, 5.41) is 0.775. The third kappa shape index (κ3) is 2.27. The molecule has 4 aromatic rings. The van der Waals surface area contributed by atoms with Gasteiger partial charge in [-0.05, 0) is 0 Å². The Kier molecular flexibility index (Phi) is 3.33. The van der Waals surface area contributed by atoms with Crippen molar-refractivity contribution < 1.29 is 0 Å². The van der Waals surface area contributed by atoms with Crippen LogP contribution in [0.5, 0.6) is 0 Å². The first-order chi connectivity index (χ1) is 10.7. The molecule has 0 aliphatic carbocycles. The van der Waals surface area contributed by atoms with E-state index in [-0.39, 0.29) is 15.0 Å². The van der Waals surface area contributed by atoms with Crippen LogP contribution in [0.25, 0.3) is 22.2 Å². The molecule has 0 saturated carbocycles. The number of H-pyrrole nitrogens is 1. The number of nitrogens with two attached hydrogens (primary N) is 1. The summed E-state index contributed by atoms with van der Waals surface area (Å²) >= 11 is 1.58. The second-order valence-corrected chi connectivity index (χ2v) is 6.86. The van der Waals surface area contributed by atoms with Crippen LogP contribution >= 0.6 is 11.8 Å². The van der Waals surface area contributed by atoms with Crippen LogP contribution in [-0.4, -0.2) is 42.9 Å². The number of aromatic amines is 1. The van der Waals surface area contributed by atoms with E-state index in [0.29, 0.717) is 17.0 Å². The minimum absolute atomic E-state index is 0.0166. The molecule has 0 bridgehead atoms. The van der Waals surface area contributed by atoms with E-state index >= 15 is 0 Å². The van der Waals surface area contributed by atoms with Gasteiger partial charge in [-0.3, -0.25) is 0 Å². The molecule has 0 unspecified atom stereocenters. The monoisotopic (exact) mass is 377 g/mol. The molecule has 7 nitrogen and oxygen atoms in total. The fraction of sp³-hybridized carbons (Fsp3) is 0.154. The van der Waals surface area contributed by atoms with Crippen molar-refractivity contribution in [3.63, 3.8) is 0 Å². The third-order valence-electron chi connectivity index (χ3n) is 3.36. The van der Waals surface area contributed by atoms with E-state index in [1.807, 2.05) is 0 Å². The number of hydrogen-bond acceptors (Lipinski definition) is 7. The SMILES string of the molecule is Cc1ccc(CSc2nc3ncnc(N)c3[nH]2)c2n[se]nc12. The Balaban J connectivity index is 1.64. The zero-order chi connectivity index (χ0) is 15.1. The van der Waals surface area contributed by atoms with E-state index in [0.717, 1.165) is 21.9 Å². The Morgan fingerprint density at radius 1 is 1.23 bits per heavy atom. The van der Waals surface area contributed by atoms with Crippen LogP contribution in [0.3, 0.4) is 0 Å². The van der Waals surface area contributed by atoms with Crippen LogP contribution in [0.15, 0.2) is 23.6 Å². The first-order valence-electron chi connectivity index (χ1n) is 6.52. The average Bonchev–Trinajstić information content (AvgIpc) is 3.14. The van der Waals surface area contributed by atoms with Crippen LogP contribution in [0.1, 0.15) is 11.1 Å². The van der Waals surface area contributed by atoms with E-state index < -0.39 is 0 Å². The van der Waals surface area contributed by atoms with Crippen LogP contribution in [0, 0.1) is 6.92 Å². The summed E-state index contributed by atoms with van der Waals surface area (Å²) in [6.45, 7) is 2.07. The van der Waals surface area contributed by atoms with E-state index in [1.54, 1.807) is 11.8 Å². The molecule has 3 N–H and O–H groups in total. The topological polar surface area (TPSA) is 106 Å². The number of aromatic nitrogens is 6. The number of nitrogen functional groups attached to an aromatic ring is 1. The second-order valence-electron chi connectivity index (χ2n) is 4.79. The van der Waals surface area contributed by atoms with Crippen molar-refractivity contribution in [3.8, 4) is 0 Å². The molecule has 110 valence electrons. The van der Waals surface area contributed by atoms with Crippen LogP contribution in [0.4, 0.5) is 5.82 Å². The molecule has 0 amide bonds. The Labute approximate surface area is 136 Å². The summed E-state index contributed by atoms with van der Waals surface area (Å²) in [6, 6.07) is 4.20. The van der Waals surface area contributed by atoms with Gasteiger partial charge in [0, 0.05) is 0 Å². The molecule has 4 rings (SSSR count). The molecule has 0 aliphatic rings. The van der Waals surface area contributed by atoms with Gasteiger partial charge in [-0.15, -0.1) is 0 Å². The van der Waals surface area contributed by atoms with Crippen molar-refractivity contribution in [2.75, 3.05) is 5.73 Å². The van der Waals surface area contributed by atoms with Gasteiger partial charge in [0.05, 0.1) is 0 Å². The summed E-state index contributed by atoms with van der Waals surface area (Å²) in [7, 11) is 0. The fourth-order valence-corrected chi connectivity index (χ4v) is 4.39. The molecule has 9 heteroatoms. The van der Waals surface area contributed by atoms with Gasteiger partial charge in [0.1, 0.15) is 0 Å². The first kappa shape index (κ1) is 13.7. The average molecular weight is 376 g/mol. The molecule has 0 radical (unpaired) electrons. The summed E-state index contributed by atoms with van der Waals surface area (Å²) in [6.07, 6.45) is 1.42. The van der Waals surface area contributed by atoms with E-state index in [1.165, 1.54) is 17.5 Å². The maximum atomic E-state index is 5.81. The number of thioether (sulfide) groups is 1. The molecule has 22 heavy (non-hydrogen) atoms. The molecule has 0 spiro atoms. The number of nitrogens with zero attached hydrogens (tertiary/aromatic N) is 5. The van der Waals surface area contributed by atoms with Gasteiger partial charge < -0.3 is 0 Å². The molecule has 0 saturated heterocycles. The van der Waals surface area contributed by atoms with Gasteiger partial charge >= 0.3 is 136 Å². The number of hydrogen-bond donors (Lipinski definition) is 2. The normalized spacial score (nSPS) is 11.5. The van der Waals surface area contributed by atoms with Crippen molar-refractivity contribution in [1.82, 2.24) is 27.9 Å². The summed E-state index contributed by atoms with van der Waals surface area (Å²) < 4.78 is 9.03. The predicted molar refractivity (Wildman–Crippen MR) is 86.9 cm³/mol. The standard InChI is InChI=1S/C13H11N7SSe/c1-6-2-3-7(9-8(6)19-22-20-9)4-21-13-17-10-11(14)15-5-16-12(10)18-13/h2-3,5H,4H2,1H3,(H3,14,15,16,17,18). The van der Waals surface area contributed by atoms with Crippen LogP contribution in [0.2, 0.25) is 0 Å². The van der Waals surface area contributed by atoms with E-state index in [9.17, 15) is 0 Å². The number of rotatable bonds is 3. The van der Waals surface area contributed by atoms with Crippen molar-refractivity contribution >= 4 is 54.7 Å². The maximum absolute atomic E-state index is 5.81. The number of imidazole rings is 1. The van der Waals surface area contributed by atoms with Crippen molar-refractivity contribution in [1.29, 1.82) is 0 Å². The van der Waals surface area contributed by atoms with Crippen molar-refractivity contribution in [3.05, 3.63) is 29.6 Å². The zero-order valence-electron chi connectivity index (χ0n) is 11.6. The Morgan fingerprint density at radius 2 is 2.09 bits per heavy atom. The Hall–Kier alpha value is -1.96. The quantitative estimate of drug-likeness (QED) is 0.413. The molecule has 3 heterocycles. The van der Waals surface area contributed by atoms with Gasteiger partial charge in [0.2, 0.25) is 0 Å². The summed E-state index contributed by atoms with van der Waals surface area (Å²) in [5.74, 6) is 1.18. The molecule has 1 aromatic carbocycles. The molecular formula is C13H11N7SSe. The van der Waals surface area contributed by atoms with Gasteiger partial charge in [0.15, 0.2) is 0 Å². The van der Waals surface area contributed by atoms with E-state index in [4.69, 9.17) is 5.73 Å². The summed E-state index contributed by atoms with van der Waals surface area (Å²) in [4.78, 5) is 15.7. The Bertz CT molecular complexity index is 977. The minimum atomic E-state index is -0.0166. The number of benzene rings is 1. The van der Waals surface area contributed by atoms with Gasteiger partial charge in [0.25, 0.3) is 0 Å². The summed E-state index contributed by atoms with van der Waals surface area (Å²) in [5.41, 5.74) is 11.5. The van der Waals surface area contributed by atoms with Gasteiger partial charge in [-0.25, -0.2) is 0 Å². The molecular weight excluding hydrogens is 365 g/mol. The number of fused-ring (bicyclic) bond motifs is 2. The fourth-order valence-electron chi connectivity index (χ4n) is 2.20. The second kappa shape index (κ2) is 5.35. The van der Waals surface area contributed by atoms with Gasteiger partial charge in [-0.1, -0.05) is 0 Å². The molecule has 0 atom stereocenters. The Morgan fingerprint density at radius 3 is 2.95 bits per heavy atom. The molecule has 3 aromatic heterocycles. The van der Waals surface area contributed by atoms with Crippen molar-refractivity contribution in [2.24, 2.45) is 0 Å². The van der Waals surface area contributed by atoms with Crippen LogP contribution in [-0.2, 0) is 5.75 Å². The van der Waals surface area contributed by atoms with Crippen LogP contribution < -0.4 is 5.73 Å². The predicted octanol–water partition coefficient (Wildman–Crippen LogP) is 1.54. The molecule has 0 aliphatic heterocycles. The molecule has 0 fully saturated rings. The third-order valence-corrected chi connectivity index (χ3v) is 5.39.